The summed E-state index contributed by atoms with van der Waals surface area (Å²) in [5.41, 5.74) is 5.69. The van der Waals surface area contributed by atoms with Crippen molar-refractivity contribution in [1.82, 2.24) is 5.43 Å². The maximum Gasteiger partial charge on any atom is 0.305 e. The fraction of sp³-hybridized carbons (Fsp3) is 0.200. The summed E-state index contributed by atoms with van der Waals surface area (Å²) in [5, 5.41) is 0. The molecule has 0 aromatic heterocycles. The number of carbonyl (C=O) groups is 2. The molecule has 1 rings (SSSR count). The molecule has 0 aliphatic heterocycles. The summed E-state index contributed by atoms with van der Waals surface area (Å²) >= 11 is 0. The SMILES string of the molecule is CCC(=O)C(=O)NNc1ccccc1. The number of carbonyl (C=O) groups excluding carboxylic acids is 2. The molecule has 0 radical (unpaired) electrons. The molecule has 0 saturated heterocycles. The van der Waals surface area contributed by atoms with E-state index in [1.165, 1.54) is 0 Å². The van der Waals surface area contributed by atoms with E-state index >= 15 is 0 Å². The first kappa shape index (κ1) is 10.2. The summed E-state index contributed by atoms with van der Waals surface area (Å²) < 4.78 is 0. The predicted molar refractivity (Wildman–Crippen MR) is 53.5 cm³/mol. The Kier molecular flexibility index (Phi) is 3.67. The summed E-state index contributed by atoms with van der Waals surface area (Å²) in [6.07, 6.45) is 0.211. The van der Waals surface area contributed by atoms with E-state index in [4.69, 9.17) is 0 Å². The summed E-state index contributed by atoms with van der Waals surface area (Å²) in [7, 11) is 0. The van der Waals surface area contributed by atoms with Crippen LogP contribution in [0.1, 0.15) is 13.3 Å². The van der Waals surface area contributed by atoms with Crippen molar-refractivity contribution in [2.45, 2.75) is 13.3 Å². The molecule has 0 aliphatic carbocycles. The minimum Gasteiger partial charge on any atom is -0.298 e. The van der Waals surface area contributed by atoms with E-state index in [0.717, 1.165) is 5.69 Å². The van der Waals surface area contributed by atoms with Crippen molar-refractivity contribution in [3.05, 3.63) is 30.3 Å². The molecule has 0 unspecified atom stereocenters. The third kappa shape index (κ3) is 2.90. The standard InChI is InChI=1S/C10H12N2O2/c1-2-9(13)10(14)12-11-8-6-4-3-5-7-8/h3-7,11H,2H2,1H3,(H,12,14). The van der Waals surface area contributed by atoms with E-state index in [2.05, 4.69) is 10.9 Å². The summed E-state index contributed by atoms with van der Waals surface area (Å²) in [4.78, 5) is 21.9. The molecule has 74 valence electrons. The molecule has 2 N–H and O–H groups in total. The molecule has 0 atom stereocenters. The van der Waals surface area contributed by atoms with Crippen LogP contribution in [-0.2, 0) is 9.59 Å². The average Bonchev–Trinajstić information content (AvgIpc) is 2.26. The Bertz CT molecular complexity index is 322. The van der Waals surface area contributed by atoms with Crippen LogP contribution in [0.25, 0.3) is 0 Å². The topological polar surface area (TPSA) is 58.2 Å². The van der Waals surface area contributed by atoms with Gasteiger partial charge in [-0.1, -0.05) is 25.1 Å². The summed E-state index contributed by atoms with van der Waals surface area (Å²) in [5.74, 6) is -1.05. The number of ketones is 1. The van der Waals surface area contributed by atoms with Gasteiger partial charge in [-0.25, -0.2) is 0 Å². The second-order valence-corrected chi connectivity index (χ2v) is 2.72. The lowest BCUT2D eigenvalue weighted by Crippen LogP contribution is -2.34. The molecule has 0 spiro atoms. The number of nitrogens with one attached hydrogen (secondary N) is 2. The molecular formula is C10H12N2O2. The molecule has 0 fully saturated rings. The van der Waals surface area contributed by atoms with Gasteiger partial charge in [-0.15, -0.1) is 0 Å². The second-order valence-electron chi connectivity index (χ2n) is 2.72. The number of hydrogen-bond acceptors (Lipinski definition) is 3. The van der Waals surface area contributed by atoms with Gasteiger partial charge in [-0.05, 0) is 12.1 Å². The van der Waals surface area contributed by atoms with Gasteiger partial charge in [0.1, 0.15) is 0 Å². The van der Waals surface area contributed by atoms with Crippen molar-refractivity contribution in [1.29, 1.82) is 0 Å². The second kappa shape index (κ2) is 5.01. The number of para-hydroxylation sites is 1. The van der Waals surface area contributed by atoms with Crippen LogP contribution in [-0.4, -0.2) is 11.7 Å². The zero-order chi connectivity index (χ0) is 10.4. The third-order valence-electron chi connectivity index (χ3n) is 1.67. The first-order chi connectivity index (χ1) is 6.74. The molecule has 1 aromatic rings. The number of hydrogen-bond donors (Lipinski definition) is 2. The quantitative estimate of drug-likeness (QED) is 0.555. The Morgan fingerprint density at radius 2 is 1.86 bits per heavy atom. The highest BCUT2D eigenvalue weighted by Crippen LogP contribution is 2.02. The van der Waals surface area contributed by atoms with Crippen LogP contribution in [0.3, 0.4) is 0 Å². The maximum absolute atomic E-state index is 11.0. The maximum atomic E-state index is 11.0. The molecule has 0 bridgehead atoms. The average molecular weight is 192 g/mol. The largest absolute Gasteiger partial charge is 0.305 e. The van der Waals surface area contributed by atoms with E-state index < -0.39 is 11.7 Å². The zero-order valence-electron chi connectivity index (χ0n) is 7.91. The molecule has 4 heteroatoms. The van der Waals surface area contributed by atoms with Gasteiger partial charge in [-0.2, -0.15) is 0 Å². The monoisotopic (exact) mass is 192 g/mol. The Morgan fingerprint density at radius 3 is 2.43 bits per heavy atom. The van der Waals surface area contributed by atoms with Crippen molar-refractivity contribution >= 4 is 17.4 Å². The Labute approximate surface area is 82.3 Å². The van der Waals surface area contributed by atoms with Crippen molar-refractivity contribution in [3.63, 3.8) is 0 Å². The normalized spacial score (nSPS) is 9.21. The molecule has 0 aliphatic rings. The summed E-state index contributed by atoms with van der Waals surface area (Å²) in [6.45, 7) is 1.64. The van der Waals surface area contributed by atoms with Gasteiger partial charge in [0.05, 0.1) is 5.69 Å². The highest BCUT2D eigenvalue weighted by Gasteiger charge is 2.09. The van der Waals surface area contributed by atoms with E-state index in [1.54, 1.807) is 19.1 Å². The van der Waals surface area contributed by atoms with Crippen LogP contribution in [0.2, 0.25) is 0 Å². The van der Waals surface area contributed by atoms with Crippen molar-refractivity contribution in [2.24, 2.45) is 0 Å². The Hall–Kier alpha value is -1.84. The summed E-state index contributed by atoms with van der Waals surface area (Å²) in [6, 6.07) is 9.10. The van der Waals surface area contributed by atoms with Crippen molar-refractivity contribution in [2.75, 3.05) is 5.43 Å². The molecule has 1 amide bonds. The number of rotatable bonds is 4. The van der Waals surface area contributed by atoms with Gasteiger partial charge < -0.3 is 0 Å². The zero-order valence-corrected chi connectivity index (χ0v) is 7.91. The molecule has 0 heterocycles. The highest BCUT2D eigenvalue weighted by atomic mass is 16.2. The Morgan fingerprint density at radius 1 is 1.21 bits per heavy atom. The number of anilines is 1. The lowest BCUT2D eigenvalue weighted by atomic mass is 10.3. The van der Waals surface area contributed by atoms with Gasteiger partial charge in [0, 0.05) is 6.42 Å². The molecule has 0 saturated carbocycles. The fourth-order valence-electron chi connectivity index (χ4n) is 0.881. The van der Waals surface area contributed by atoms with E-state index in [-0.39, 0.29) is 6.42 Å². The van der Waals surface area contributed by atoms with E-state index in [9.17, 15) is 9.59 Å². The van der Waals surface area contributed by atoms with E-state index in [1.807, 2.05) is 18.2 Å². The van der Waals surface area contributed by atoms with Crippen LogP contribution in [0, 0.1) is 0 Å². The van der Waals surface area contributed by atoms with Crippen LogP contribution in [0.4, 0.5) is 5.69 Å². The number of amides is 1. The van der Waals surface area contributed by atoms with Gasteiger partial charge >= 0.3 is 5.91 Å². The number of benzene rings is 1. The molecular weight excluding hydrogens is 180 g/mol. The van der Waals surface area contributed by atoms with Crippen LogP contribution in [0.15, 0.2) is 30.3 Å². The van der Waals surface area contributed by atoms with Crippen LogP contribution < -0.4 is 10.9 Å². The van der Waals surface area contributed by atoms with Crippen LogP contribution in [0.5, 0.6) is 0 Å². The number of hydrazine groups is 1. The minimum absolute atomic E-state index is 0.211. The van der Waals surface area contributed by atoms with E-state index in [0.29, 0.717) is 0 Å². The minimum atomic E-state index is -0.614. The fourth-order valence-corrected chi connectivity index (χ4v) is 0.881. The van der Waals surface area contributed by atoms with Crippen molar-refractivity contribution in [3.8, 4) is 0 Å². The first-order valence-electron chi connectivity index (χ1n) is 4.38. The highest BCUT2D eigenvalue weighted by molar-refractivity contribution is 6.36. The van der Waals surface area contributed by atoms with Crippen molar-refractivity contribution < 1.29 is 9.59 Å². The van der Waals surface area contributed by atoms with Gasteiger partial charge in [0.2, 0.25) is 5.78 Å². The molecule has 1 aromatic carbocycles. The molecule has 14 heavy (non-hydrogen) atoms. The van der Waals surface area contributed by atoms with Gasteiger partial charge in [0.15, 0.2) is 0 Å². The predicted octanol–water partition coefficient (Wildman–Crippen LogP) is 1.11. The third-order valence-corrected chi connectivity index (χ3v) is 1.67. The van der Waals surface area contributed by atoms with Gasteiger partial charge in [-0.3, -0.25) is 20.4 Å². The first-order valence-corrected chi connectivity index (χ1v) is 4.38. The smallest absolute Gasteiger partial charge is 0.298 e. The number of Topliss-reactive ketones (excluding diaryl/α,β-unsaturated/α-hetero) is 1. The lowest BCUT2D eigenvalue weighted by molar-refractivity contribution is -0.137. The van der Waals surface area contributed by atoms with Gasteiger partial charge in [0.25, 0.3) is 0 Å². The van der Waals surface area contributed by atoms with Crippen LogP contribution >= 0.6 is 0 Å². The molecule has 4 nitrogen and oxygen atoms in total. The lowest BCUT2D eigenvalue weighted by Gasteiger charge is -2.06. The Balaban J connectivity index is 2.42.